The quantitative estimate of drug-likeness (QED) is 0.640. The van der Waals surface area contributed by atoms with Crippen molar-refractivity contribution in [1.82, 2.24) is 4.90 Å². The molecule has 7 nitrogen and oxygen atoms in total. The Balaban J connectivity index is 1.39. The Morgan fingerprint density at radius 1 is 0.935 bits per heavy atom. The van der Waals surface area contributed by atoms with Crippen molar-refractivity contribution in [2.75, 3.05) is 23.7 Å². The summed E-state index contributed by atoms with van der Waals surface area (Å²) in [4.78, 5) is 38.4. The van der Waals surface area contributed by atoms with Gasteiger partial charge in [-0.25, -0.2) is 0 Å². The van der Waals surface area contributed by atoms with E-state index in [1.165, 1.54) is 0 Å². The number of anilines is 2. The Kier molecular flexibility index (Phi) is 6.32. The van der Waals surface area contributed by atoms with Crippen molar-refractivity contribution >= 4 is 29.1 Å². The van der Waals surface area contributed by atoms with Gasteiger partial charge in [0.05, 0.1) is 5.92 Å². The van der Waals surface area contributed by atoms with Crippen molar-refractivity contribution in [3.63, 3.8) is 0 Å². The van der Waals surface area contributed by atoms with E-state index in [2.05, 4.69) is 15.5 Å². The fourth-order valence-electron chi connectivity index (χ4n) is 3.94. The zero-order chi connectivity index (χ0) is 21.8. The van der Waals surface area contributed by atoms with Crippen molar-refractivity contribution in [2.45, 2.75) is 32.2 Å². The summed E-state index contributed by atoms with van der Waals surface area (Å²) in [6, 6.07) is 14.6. The Bertz CT molecular complexity index is 969. The second-order valence-electron chi connectivity index (χ2n) is 8.43. The highest BCUT2D eigenvalue weighted by molar-refractivity contribution is 6.05. The first-order valence-electron chi connectivity index (χ1n) is 10.8. The number of primary amides is 1. The molecule has 0 radical (unpaired) electrons. The molecule has 0 bridgehead atoms. The number of amides is 3. The minimum Gasteiger partial charge on any atom is -0.369 e. The van der Waals surface area contributed by atoms with Crippen molar-refractivity contribution in [3.8, 4) is 0 Å². The Labute approximate surface area is 182 Å². The van der Waals surface area contributed by atoms with Gasteiger partial charge in [-0.1, -0.05) is 18.2 Å². The zero-order valence-electron chi connectivity index (χ0n) is 17.5. The Morgan fingerprint density at radius 2 is 1.68 bits per heavy atom. The Morgan fingerprint density at radius 3 is 2.39 bits per heavy atom. The molecule has 7 heteroatoms. The summed E-state index contributed by atoms with van der Waals surface area (Å²) in [5, 5.41) is 5.87. The highest BCUT2D eigenvalue weighted by atomic mass is 16.2. The van der Waals surface area contributed by atoms with E-state index >= 15 is 0 Å². The summed E-state index contributed by atoms with van der Waals surface area (Å²) in [5.74, 6) is -0.390. The first kappa shape index (κ1) is 21.1. The van der Waals surface area contributed by atoms with E-state index in [0.29, 0.717) is 24.3 Å². The number of likely N-dealkylation sites (tertiary alicyclic amines) is 1. The number of benzene rings is 2. The molecule has 4 rings (SSSR count). The van der Waals surface area contributed by atoms with Crippen LogP contribution >= 0.6 is 0 Å². The van der Waals surface area contributed by atoms with E-state index in [9.17, 15) is 14.4 Å². The fourth-order valence-corrected chi connectivity index (χ4v) is 3.94. The molecule has 1 saturated heterocycles. The molecule has 1 aliphatic heterocycles. The van der Waals surface area contributed by atoms with Gasteiger partial charge < -0.3 is 16.4 Å². The minimum atomic E-state index is -0.247. The van der Waals surface area contributed by atoms with Gasteiger partial charge in [0.15, 0.2) is 0 Å². The lowest BCUT2D eigenvalue weighted by Gasteiger charge is -2.31. The Hall–Kier alpha value is -3.19. The number of rotatable bonds is 7. The van der Waals surface area contributed by atoms with Gasteiger partial charge in [-0.2, -0.15) is 0 Å². The van der Waals surface area contributed by atoms with Gasteiger partial charge in [0.25, 0.3) is 5.91 Å². The SMILES string of the molecule is NC(=O)C1CCCN(Cc2ccccc2NC(=O)c2ccc(NC(=O)C3CC3)cc2)C1. The van der Waals surface area contributed by atoms with E-state index in [0.717, 1.165) is 43.5 Å². The number of nitrogens with one attached hydrogen (secondary N) is 2. The van der Waals surface area contributed by atoms with Gasteiger partial charge in [-0.05, 0) is 68.1 Å². The van der Waals surface area contributed by atoms with Crippen molar-refractivity contribution in [3.05, 3.63) is 59.7 Å². The summed E-state index contributed by atoms with van der Waals surface area (Å²) in [5.41, 5.74) is 8.45. The summed E-state index contributed by atoms with van der Waals surface area (Å²) in [6.07, 6.45) is 3.67. The van der Waals surface area contributed by atoms with Gasteiger partial charge in [-0.3, -0.25) is 19.3 Å². The van der Waals surface area contributed by atoms with E-state index in [-0.39, 0.29) is 29.6 Å². The third-order valence-corrected chi connectivity index (χ3v) is 5.93. The minimum absolute atomic E-state index is 0.0439. The lowest BCUT2D eigenvalue weighted by Crippen LogP contribution is -2.40. The molecule has 162 valence electrons. The van der Waals surface area contributed by atoms with Crippen LogP contribution in [0.4, 0.5) is 11.4 Å². The van der Waals surface area contributed by atoms with E-state index < -0.39 is 0 Å². The van der Waals surface area contributed by atoms with Crippen LogP contribution < -0.4 is 16.4 Å². The second kappa shape index (κ2) is 9.31. The number of carbonyl (C=O) groups excluding carboxylic acids is 3. The predicted molar refractivity (Wildman–Crippen MR) is 119 cm³/mol. The number of piperidine rings is 1. The molecule has 2 aromatic carbocycles. The lowest BCUT2D eigenvalue weighted by atomic mass is 9.97. The largest absolute Gasteiger partial charge is 0.369 e. The fraction of sp³-hybridized carbons (Fsp3) is 0.375. The number of nitrogens with two attached hydrogens (primary N) is 1. The number of hydrogen-bond acceptors (Lipinski definition) is 4. The van der Waals surface area contributed by atoms with Crippen LogP contribution in [0, 0.1) is 11.8 Å². The smallest absolute Gasteiger partial charge is 0.255 e. The first-order chi connectivity index (χ1) is 15.0. The standard InChI is InChI=1S/C24H28N4O3/c25-22(29)19-5-3-13-28(15-19)14-18-4-1-2-6-21(18)27-24(31)17-9-11-20(12-10-17)26-23(30)16-7-8-16/h1-2,4,6,9-12,16,19H,3,5,7-8,13-15H2,(H2,25,29)(H,26,30)(H,27,31). The molecule has 1 atom stereocenters. The zero-order valence-corrected chi connectivity index (χ0v) is 17.5. The maximum Gasteiger partial charge on any atom is 0.255 e. The van der Waals surface area contributed by atoms with E-state index in [1.807, 2.05) is 24.3 Å². The monoisotopic (exact) mass is 420 g/mol. The number of para-hydroxylation sites is 1. The highest BCUT2D eigenvalue weighted by Crippen LogP contribution is 2.30. The third kappa shape index (κ3) is 5.49. The van der Waals surface area contributed by atoms with Gasteiger partial charge in [-0.15, -0.1) is 0 Å². The van der Waals surface area contributed by atoms with Gasteiger partial charge in [0.1, 0.15) is 0 Å². The van der Waals surface area contributed by atoms with Crippen LogP contribution in [0.15, 0.2) is 48.5 Å². The van der Waals surface area contributed by atoms with Crippen LogP contribution in [-0.4, -0.2) is 35.7 Å². The van der Waals surface area contributed by atoms with Crippen molar-refractivity contribution < 1.29 is 14.4 Å². The summed E-state index contributed by atoms with van der Waals surface area (Å²) >= 11 is 0. The van der Waals surface area contributed by atoms with Crippen molar-refractivity contribution in [1.29, 1.82) is 0 Å². The maximum absolute atomic E-state index is 12.8. The van der Waals surface area contributed by atoms with Crippen LogP contribution in [0.25, 0.3) is 0 Å². The topological polar surface area (TPSA) is 105 Å². The van der Waals surface area contributed by atoms with Crippen LogP contribution in [-0.2, 0) is 16.1 Å². The molecule has 2 aliphatic rings. The average molecular weight is 421 g/mol. The molecule has 0 spiro atoms. The number of nitrogens with zero attached hydrogens (tertiary/aromatic N) is 1. The van der Waals surface area contributed by atoms with Crippen LogP contribution in [0.1, 0.15) is 41.6 Å². The molecule has 1 aliphatic carbocycles. The summed E-state index contributed by atoms with van der Waals surface area (Å²) in [7, 11) is 0. The molecule has 31 heavy (non-hydrogen) atoms. The lowest BCUT2D eigenvalue weighted by molar-refractivity contribution is -0.123. The second-order valence-corrected chi connectivity index (χ2v) is 8.43. The molecular weight excluding hydrogens is 392 g/mol. The predicted octanol–water partition coefficient (Wildman–Crippen LogP) is 2.98. The van der Waals surface area contributed by atoms with Gasteiger partial charge in [0, 0.05) is 35.9 Å². The van der Waals surface area contributed by atoms with Gasteiger partial charge >= 0.3 is 0 Å². The van der Waals surface area contributed by atoms with Gasteiger partial charge in [0.2, 0.25) is 11.8 Å². The molecule has 4 N–H and O–H groups in total. The first-order valence-corrected chi connectivity index (χ1v) is 10.8. The maximum atomic E-state index is 12.8. The number of hydrogen-bond donors (Lipinski definition) is 3. The molecule has 1 saturated carbocycles. The average Bonchev–Trinajstić information content (AvgIpc) is 3.61. The molecule has 1 heterocycles. The van der Waals surface area contributed by atoms with Crippen LogP contribution in [0.5, 0.6) is 0 Å². The third-order valence-electron chi connectivity index (χ3n) is 5.93. The molecule has 2 aromatic rings. The van der Waals surface area contributed by atoms with E-state index in [4.69, 9.17) is 5.73 Å². The van der Waals surface area contributed by atoms with Crippen LogP contribution in [0.2, 0.25) is 0 Å². The normalized spacial score (nSPS) is 18.9. The van der Waals surface area contributed by atoms with Crippen molar-refractivity contribution in [2.24, 2.45) is 17.6 Å². The highest BCUT2D eigenvalue weighted by Gasteiger charge is 2.29. The number of carbonyl (C=O) groups is 3. The molecule has 2 fully saturated rings. The molecule has 3 amide bonds. The molecule has 0 aromatic heterocycles. The molecular formula is C24H28N4O3. The van der Waals surface area contributed by atoms with E-state index in [1.54, 1.807) is 24.3 Å². The molecule has 1 unspecified atom stereocenters. The van der Waals surface area contributed by atoms with Crippen LogP contribution in [0.3, 0.4) is 0 Å². The summed E-state index contributed by atoms with van der Waals surface area (Å²) in [6.45, 7) is 2.19. The summed E-state index contributed by atoms with van der Waals surface area (Å²) < 4.78 is 0.